The first kappa shape index (κ1) is 32.4. The molecule has 0 radical (unpaired) electrons. The first-order chi connectivity index (χ1) is 19.0. The van der Waals surface area contributed by atoms with Gasteiger partial charge in [-0.3, -0.25) is 4.79 Å². The Hall–Kier alpha value is -2.10. The number of hydrogen-bond donors (Lipinski definition) is 6. The van der Waals surface area contributed by atoms with Crippen LogP contribution in [0.2, 0.25) is 0 Å². The molecule has 1 saturated carbocycles. The molecule has 2 heterocycles. The van der Waals surface area contributed by atoms with Crippen molar-refractivity contribution in [2.75, 3.05) is 26.9 Å². The first-order valence-electron chi connectivity index (χ1n) is 13.5. The zero-order chi connectivity index (χ0) is 29.7. The summed E-state index contributed by atoms with van der Waals surface area (Å²) in [5, 5.41) is 59.5. The van der Waals surface area contributed by atoms with Crippen LogP contribution in [0.25, 0.3) is 0 Å². The number of aliphatic hydroxyl groups is 6. The molecule has 13 heteroatoms. The van der Waals surface area contributed by atoms with E-state index < -0.39 is 67.6 Å². The number of carbonyl (C=O) groups excluding carboxylic acids is 2. The Balaban J connectivity index is 1.78. The monoisotopic (exact) mass is 574 g/mol. The second-order valence-corrected chi connectivity index (χ2v) is 10.7. The third-order valence-corrected chi connectivity index (χ3v) is 8.43. The van der Waals surface area contributed by atoms with Crippen LogP contribution in [0.3, 0.4) is 0 Å². The van der Waals surface area contributed by atoms with E-state index in [-0.39, 0.29) is 48.9 Å². The van der Waals surface area contributed by atoms with Gasteiger partial charge in [0.05, 0.1) is 32.0 Å². The van der Waals surface area contributed by atoms with Gasteiger partial charge in [-0.25, -0.2) is 4.79 Å². The Morgan fingerprint density at radius 2 is 1.82 bits per heavy atom. The van der Waals surface area contributed by atoms with Crippen molar-refractivity contribution >= 4 is 11.9 Å². The lowest BCUT2D eigenvalue weighted by atomic mass is 9.83. The molecule has 0 unspecified atom stereocenters. The van der Waals surface area contributed by atoms with Crippen LogP contribution < -0.4 is 0 Å². The summed E-state index contributed by atoms with van der Waals surface area (Å²) in [7, 11) is 1.18. The maximum Gasteiger partial charge on any atom is 0.337 e. The highest BCUT2D eigenvalue weighted by atomic mass is 16.8. The summed E-state index contributed by atoms with van der Waals surface area (Å²) < 4.78 is 27.5. The van der Waals surface area contributed by atoms with Crippen molar-refractivity contribution in [3.8, 4) is 0 Å². The van der Waals surface area contributed by atoms with Gasteiger partial charge in [-0.05, 0) is 37.0 Å². The normalized spacial score (nSPS) is 39.8. The van der Waals surface area contributed by atoms with Crippen LogP contribution in [0.5, 0.6) is 0 Å². The topological polar surface area (TPSA) is 202 Å². The zero-order valence-electron chi connectivity index (χ0n) is 23.2. The number of hydrogen-bond acceptors (Lipinski definition) is 13. The number of ether oxygens (including phenoxy) is 5. The standard InChI is InChI=1S/C27H42O13/c1-5-14-16(7-21(31)38-19-6-15(12(2)8-28)17(9-29)13(19)3)18(25(35)36-4)11-37-26(14)40-27-24(34)23(33)22(32)20(10-30)39-27/h5,11-13,15-17,19-20,22-24,26-30,32-34H,6-10H2,1-4H3/b14-5+/t12-,13-,15+,16+,17-,19+,20-,22-,23+,24-,26+,27+/m1/s1. The van der Waals surface area contributed by atoms with Crippen LogP contribution in [0.15, 0.2) is 23.5 Å². The summed E-state index contributed by atoms with van der Waals surface area (Å²) in [6, 6.07) is 0. The minimum atomic E-state index is -1.69. The average Bonchev–Trinajstić information content (AvgIpc) is 3.26. The molecular formula is C27H42O13. The first-order valence-corrected chi connectivity index (χ1v) is 13.5. The highest BCUT2D eigenvalue weighted by Gasteiger charge is 2.48. The largest absolute Gasteiger partial charge is 0.468 e. The Labute approximate surface area is 232 Å². The molecule has 0 amide bonds. The highest BCUT2D eigenvalue weighted by Crippen LogP contribution is 2.43. The molecular weight excluding hydrogens is 532 g/mol. The quantitative estimate of drug-likeness (QED) is 0.137. The lowest BCUT2D eigenvalue weighted by Crippen LogP contribution is -2.60. The maximum absolute atomic E-state index is 13.2. The molecule has 12 atom stereocenters. The predicted octanol–water partition coefficient (Wildman–Crippen LogP) is -1.03. The van der Waals surface area contributed by atoms with E-state index in [0.29, 0.717) is 12.0 Å². The van der Waals surface area contributed by atoms with Crippen molar-refractivity contribution in [2.24, 2.45) is 29.6 Å². The molecule has 2 fully saturated rings. The molecule has 0 aromatic rings. The van der Waals surface area contributed by atoms with E-state index in [0.717, 1.165) is 6.26 Å². The van der Waals surface area contributed by atoms with Crippen LogP contribution in [0, 0.1) is 29.6 Å². The van der Waals surface area contributed by atoms with Crippen molar-refractivity contribution < 1.29 is 63.9 Å². The molecule has 0 aromatic carbocycles. The van der Waals surface area contributed by atoms with Gasteiger partial charge in [-0.2, -0.15) is 0 Å². The smallest absolute Gasteiger partial charge is 0.337 e. The fraction of sp³-hybridized carbons (Fsp3) is 0.778. The van der Waals surface area contributed by atoms with Gasteiger partial charge in [-0.15, -0.1) is 0 Å². The van der Waals surface area contributed by atoms with Crippen LogP contribution in [-0.4, -0.2) is 113 Å². The molecule has 6 N–H and O–H groups in total. The number of methoxy groups -OCH3 is 1. The number of carbonyl (C=O) groups is 2. The van der Waals surface area contributed by atoms with Crippen molar-refractivity contribution in [1.82, 2.24) is 0 Å². The van der Waals surface area contributed by atoms with Gasteiger partial charge in [0.25, 0.3) is 0 Å². The second kappa shape index (κ2) is 14.2. The Bertz CT molecular complexity index is 933. The fourth-order valence-electron chi connectivity index (χ4n) is 5.88. The van der Waals surface area contributed by atoms with E-state index in [1.807, 2.05) is 13.8 Å². The molecule has 1 aliphatic carbocycles. The number of aliphatic hydroxyl groups excluding tert-OH is 6. The minimum absolute atomic E-state index is 0.0284. The van der Waals surface area contributed by atoms with Gasteiger partial charge in [-0.1, -0.05) is 19.9 Å². The highest BCUT2D eigenvalue weighted by molar-refractivity contribution is 5.90. The van der Waals surface area contributed by atoms with Crippen molar-refractivity contribution in [1.29, 1.82) is 0 Å². The van der Waals surface area contributed by atoms with Crippen LogP contribution in [0.4, 0.5) is 0 Å². The zero-order valence-corrected chi connectivity index (χ0v) is 23.2. The summed E-state index contributed by atoms with van der Waals surface area (Å²) in [5.74, 6) is -2.65. The van der Waals surface area contributed by atoms with E-state index in [1.165, 1.54) is 7.11 Å². The van der Waals surface area contributed by atoms with Gasteiger partial charge >= 0.3 is 11.9 Å². The average molecular weight is 575 g/mol. The second-order valence-electron chi connectivity index (χ2n) is 10.7. The SMILES string of the molecule is C/C=C1/[C@H](O[C@@H]2O[C@H](CO)[C@@H](O)[C@H](O)[C@H]2O)OC=C(C(=O)OC)[C@H]1CC(=O)O[C@H]1C[C@@H]([C@H](C)CO)[C@H](CO)[C@H]1C. The van der Waals surface area contributed by atoms with Gasteiger partial charge in [0.2, 0.25) is 6.29 Å². The summed E-state index contributed by atoms with van der Waals surface area (Å²) in [6.45, 7) is 4.60. The van der Waals surface area contributed by atoms with Gasteiger partial charge < -0.3 is 54.3 Å². The van der Waals surface area contributed by atoms with Crippen molar-refractivity contribution in [3.63, 3.8) is 0 Å². The molecule has 228 valence electrons. The molecule has 0 aromatic heterocycles. The molecule has 40 heavy (non-hydrogen) atoms. The Morgan fingerprint density at radius 1 is 1.12 bits per heavy atom. The molecule has 3 aliphatic rings. The van der Waals surface area contributed by atoms with E-state index in [2.05, 4.69) is 0 Å². The lowest BCUT2D eigenvalue weighted by Gasteiger charge is -2.42. The molecule has 2 aliphatic heterocycles. The molecule has 0 bridgehead atoms. The van der Waals surface area contributed by atoms with E-state index in [9.17, 15) is 40.2 Å². The number of allylic oxidation sites excluding steroid dienone is 1. The summed E-state index contributed by atoms with van der Waals surface area (Å²) in [4.78, 5) is 25.8. The van der Waals surface area contributed by atoms with E-state index >= 15 is 0 Å². The van der Waals surface area contributed by atoms with Crippen molar-refractivity contribution in [2.45, 2.75) is 76.7 Å². The van der Waals surface area contributed by atoms with Crippen LogP contribution in [0.1, 0.15) is 33.6 Å². The Kier molecular flexibility index (Phi) is 11.5. The molecule has 1 saturated heterocycles. The lowest BCUT2D eigenvalue weighted by molar-refractivity contribution is -0.327. The maximum atomic E-state index is 13.2. The number of esters is 2. The van der Waals surface area contributed by atoms with Crippen LogP contribution in [-0.2, 0) is 33.3 Å². The third-order valence-electron chi connectivity index (χ3n) is 8.43. The van der Waals surface area contributed by atoms with E-state index in [1.54, 1.807) is 13.0 Å². The van der Waals surface area contributed by atoms with Crippen molar-refractivity contribution in [3.05, 3.63) is 23.5 Å². The van der Waals surface area contributed by atoms with Gasteiger partial charge in [0, 0.05) is 24.7 Å². The van der Waals surface area contributed by atoms with Crippen LogP contribution >= 0.6 is 0 Å². The molecule has 0 spiro atoms. The third kappa shape index (κ3) is 6.68. The predicted molar refractivity (Wildman–Crippen MR) is 136 cm³/mol. The van der Waals surface area contributed by atoms with E-state index in [4.69, 9.17) is 23.7 Å². The van der Waals surface area contributed by atoms with Gasteiger partial charge in [0.15, 0.2) is 6.29 Å². The summed E-state index contributed by atoms with van der Waals surface area (Å²) >= 11 is 0. The number of rotatable bonds is 10. The minimum Gasteiger partial charge on any atom is -0.468 e. The summed E-state index contributed by atoms with van der Waals surface area (Å²) in [5.41, 5.74) is 0.344. The Morgan fingerprint density at radius 3 is 2.40 bits per heavy atom. The molecule has 3 rings (SSSR count). The summed E-state index contributed by atoms with van der Waals surface area (Å²) in [6.07, 6.45) is -6.58. The fourth-order valence-corrected chi connectivity index (χ4v) is 5.88. The van der Waals surface area contributed by atoms with Gasteiger partial charge in [0.1, 0.15) is 30.5 Å². The molecule has 13 nitrogen and oxygen atoms in total.